The fourth-order valence-electron chi connectivity index (χ4n) is 1.20. The van der Waals surface area contributed by atoms with Crippen molar-refractivity contribution in [3.8, 4) is 0 Å². The lowest BCUT2D eigenvalue weighted by Crippen LogP contribution is -2.33. The average molecular weight is 158 g/mol. The quantitative estimate of drug-likeness (QED) is 0.584. The van der Waals surface area contributed by atoms with Crippen molar-refractivity contribution >= 4 is 12.6 Å². The molecule has 0 fully saturated rings. The third-order valence-electron chi connectivity index (χ3n) is 1.69. The topological polar surface area (TPSA) is 15.3 Å². The second-order valence-corrected chi connectivity index (χ2v) is 3.10. The Morgan fingerprint density at radius 3 is 2.90 bits per heavy atom. The molecule has 3 heteroatoms. The molecule has 0 saturated carbocycles. The molecule has 0 amide bonds. The third-order valence-corrected chi connectivity index (χ3v) is 1.94. The van der Waals surface area contributed by atoms with E-state index in [0.29, 0.717) is 6.17 Å². The minimum Gasteiger partial charge on any atom is -0.368 e. The van der Waals surface area contributed by atoms with Crippen LogP contribution in [0.4, 0.5) is 0 Å². The van der Waals surface area contributed by atoms with Crippen LogP contribution in [0, 0.1) is 0 Å². The Bertz CT molecular complexity index is 145. The van der Waals surface area contributed by atoms with Gasteiger partial charge in [0.1, 0.15) is 0 Å². The van der Waals surface area contributed by atoms with Crippen LogP contribution >= 0.6 is 12.6 Å². The first kappa shape index (κ1) is 7.79. The number of nitrogens with zero attached hydrogens (tertiary/aromatic N) is 1. The molecule has 0 radical (unpaired) electrons. The molecule has 0 aromatic carbocycles. The smallest absolute Gasteiger partial charge is 0.0988 e. The van der Waals surface area contributed by atoms with Gasteiger partial charge in [-0.3, -0.25) is 0 Å². The second kappa shape index (κ2) is 3.19. The van der Waals surface area contributed by atoms with Gasteiger partial charge in [0.15, 0.2) is 0 Å². The Hall–Kier alpha value is -0.310. The summed E-state index contributed by atoms with van der Waals surface area (Å²) in [5.41, 5.74) is 1.24. The molecule has 0 aromatic heterocycles. The summed E-state index contributed by atoms with van der Waals surface area (Å²) in [7, 11) is 2.08. The predicted molar refractivity (Wildman–Crippen MR) is 46.9 cm³/mol. The Kier molecular flexibility index (Phi) is 2.49. The molecule has 1 rings (SSSR count). The van der Waals surface area contributed by atoms with Gasteiger partial charge in [-0.2, -0.15) is 12.6 Å². The molecule has 0 aliphatic carbocycles. The van der Waals surface area contributed by atoms with Gasteiger partial charge in [0, 0.05) is 18.9 Å². The highest BCUT2D eigenvalue weighted by atomic mass is 32.1. The van der Waals surface area contributed by atoms with E-state index in [1.807, 2.05) is 0 Å². The maximum Gasteiger partial charge on any atom is 0.0988 e. The van der Waals surface area contributed by atoms with Crippen molar-refractivity contribution < 1.29 is 0 Å². The molecule has 1 aliphatic rings. The molecule has 58 valence electrons. The van der Waals surface area contributed by atoms with E-state index in [0.717, 1.165) is 12.2 Å². The lowest BCUT2D eigenvalue weighted by atomic mass is 10.3. The van der Waals surface area contributed by atoms with Crippen LogP contribution in [0.25, 0.3) is 0 Å². The zero-order chi connectivity index (χ0) is 7.56. The molecule has 0 spiro atoms. The largest absolute Gasteiger partial charge is 0.368 e. The van der Waals surface area contributed by atoms with Gasteiger partial charge < -0.3 is 10.2 Å². The Morgan fingerprint density at radius 2 is 2.50 bits per heavy atom. The van der Waals surface area contributed by atoms with E-state index in [-0.39, 0.29) is 0 Å². The predicted octanol–water partition coefficient (Wildman–Crippen LogP) is 1.03. The van der Waals surface area contributed by atoms with E-state index >= 15 is 0 Å². The summed E-state index contributed by atoms with van der Waals surface area (Å²) < 4.78 is 0. The SMILES string of the molecule is CC1=CN(C)C(CCS)N1. The second-order valence-electron chi connectivity index (χ2n) is 2.65. The average Bonchev–Trinajstić information content (AvgIpc) is 2.13. The van der Waals surface area contributed by atoms with E-state index < -0.39 is 0 Å². The van der Waals surface area contributed by atoms with Crippen molar-refractivity contribution in [2.24, 2.45) is 0 Å². The van der Waals surface area contributed by atoms with Crippen LogP contribution in [0.5, 0.6) is 0 Å². The number of hydrogen-bond acceptors (Lipinski definition) is 3. The van der Waals surface area contributed by atoms with Gasteiger partial charge in [-0.25, -0.2) is 0 Å². The minimum absolute atomic E-state index is 0.470. The molecule has 1 heterocycles. The number of nitrogens with one attached hydrogen (secondary N) is 1. The maximum absolute atomic E-state index is 4.18. The first-order valence-electron chi connectivity index (χ1n) is 3.52. The summed E-state index contributed by atoms with van der Waals surface area (Å²) in [6, 6.07) is 0. The Balaban J connectivity index is 2.39. The molecular formula is C7H14N2S. The Morgan fingerprint density at radius 1 is 1.80 bits per heavy atom. The van der Waals surface area contributed by atoms with Crippen molar-refractivity contribution in [3.05, 3.63) is 11.9 Å². The van der Waals surface area contributed by atoms with Gasteiger partial charge in [0.2, 0.25) is 0 Å². The van der Waals surface area contributed by atoms with Crippen molar-refractivity contribution in [2.75, 3.05) is 12.8 Å². The fraction of sp³-hybridized carbons (Fsp3) is 0.714. The van der Waals surface area contributed by atoms with Gasteiger partial charge in [-0.05, 0) is 19.1 Å². The lowest BCUT2D eigenvalue weighted by molar-refractivity contribution is 0.323. The molecule has 10 heavy (non-hydrogen) atoms. The first-order chi connectivity index (χ1) is 4.74. The van der Waals surface area contributed by atoms with E-state index in [4.69, 9.17) is 0 Å². The molecule has 2 nitrogen and oxygen atoms in total. The minimum atomic E-state index is 0.470. The molecule has 1 aliphatic heterocycles. The Labute approximate surface area is 67.7 Å². The van der Waals surface area contributed by atoms with Crippen molar-refractivity contribution in [1.29, 1.82) is 0 Å². The molecule has 0 aromatic rings. The summed E-state index contributed by atoms with van der Waals surface area (Å²) in [5, 5.41) is 3.34. The summed E-state index contributed by atoms with van der Waals surface area (Å²) in [5.74, 6) is 0.934. The number of hydrogen-bond donors (Lipinski definition) is 2. The lowest BCUT2D eigenvalue weighted by Gasteiger charge is -2.19. The maximum atomic E-state index is 4.18. The van der Waals surface area contributed by atoms with Crippen LogP contribution in [-0.2, 0) is 0 Å². The van der Waals surface area contributed by atoms with E-state index in [1.165, 1.54) is 5.70 Å². The van der Waals surface area contributed by atoms with Crippen molar-refractivity contribution in [2.45, 2.75) is 19.5 Å². The number of rotatable bonds is 2. The normalized spacial score (nSPS) is 24.5. The highest BCUT2D eigenvalue weighted by molar-refractivity contribution is 7.80. The van der Waals surface area contributed by atoms with E-state index in [9.17, 15) is 0 Å². The number of allylic oxidation sites excluding steroid dienone is 1. The fourth-order valence-corrected chi connectivity index (χ4v) is 1.44. The zero-order valence-corrected chi connectivity index (χ0v) is 7.36. The van der Waals surface area contributed by atoms with Crippen LogP contribution in [0.1, 0.15) is 13.3 Å². The monoisotopic (exact) mass is 158 g/mol. The third kappa shape index (κ3) is 1.59. The molecule has 1 atom stereocenters. The standard InChI is InChI=1S/C7H14N2S/c1-6-5-9(2)7(8-6)3-4-10/h5,7-8,10H,3-4H2,1-2H3. The van der Waals surface area contributed by atoms with Gasteiger partial charge in [-0.1, -0.05) is 0 Å². The van der Waals surface area contributed by atoms with Crippen LogP contribution in [0.3, 0.4) is 0 Å². The van der Waals surface area contributed by atoms with E-state index in [1.54, 1.807) is 0 Å². The van der Waals surface area contributed by atoms with Gasteiger partial charge in [0.05, 0.1) is 6.17 Å². The van der Waals surface area contributed by atoms with Crippen molar-refractivity contribution in [3.63, 3.8) is 0 Å². The highest BCUT2D eigenvalue weighted by Crippen LogP contribution is 2.10. The van der Waals surface area contributed by atoms with Crippen LogP contribution in [0.15, 0.2) is 11.9 Å². The highest BCUT2D eigenvalue weighted by Gasteiger charge is 2.16. The molecule has 0 bridgehead atoms. The van der Waals surface area contributed by atoms with Gasteiger partial charge >= 0.3 is 0 Å². The van der Waals surface area contributed by atoms with Crippen LogP contribution in [0.2, 0.25) is 0 Å². The summed E-state index contributed by atoms with van der Waals surface area (Å²) in [6.07, 6.45) is 3.68. The summed E-state index contributed by atoms with van der Waals surface area (Å²) in [4.78, 5) is 2.19. The molecule has 1 N–H and O–H groups in total. The summed E-state index contributed by atoms with van der Waals surface area (Å²) in [6.45, 7) is 2.08. The molecule has 0 saturated heterocycles. The summed E-state index contributed by atoms with van der Waals surface area (Å²) >= 11 is 4.18. The van der Waals surface area contributed by atoms with Crippen LogP contribution in [-0.4, -0.2) is 23.9 Å². The van der Waals surface area contributed by atoms with Gasteiger partial charge in [-0.15, -0.1) is 0 Å². The van der Waals surface area contributed by atoms with Crippen molar-refractivity contribution in [1.82, 2.24) is 10.2 Å². The van der Waals surface area contributed by atoms with Gasteiger partial charge in [0.25, 0.3) is 0 Å². The van der Waals surface area contributed by atoms with Crippen LogP contribution < -0.4 is 5.32 Å². The first-order valence-corrected chi connectivity index (χ1v) is 4.15. The molecular weight excluding hydrogens is 144 g/mol. The van der Waals surface area contributed by atoms with E-state index in [2.05, 4.69) is 43.0 Å². The molecule has 1 unspecified atom stereocenters. The number of thiol groups is 1. The zero-order valence-electron chi connectivity index (χ0n) is 6.46.